The molecule has 3 aliphatic rings. The molecule has 0 radical (unpaired) electrons. The van der Waals surface area contributed by atoms with E-state index in [-0.39, 0.29) is 11.5 Å². The molecule has 1 aromatic rings. The monoisotopic (exact) mass is 376 g/mol. The normalized spacial score (nSPS) is 24.3. The molecule has 1 spiro atoms. The Hall–Kier alpha value is -1.01. The van der Waals surface area contributed by atoms with Crippen LogP contribution in [0.25, 0.3) is 0 Å². The summed E-state index contributed by atoms with van der Waals surface area (Å²) < 4.78 is 0. The molecule has 1 aromatic heterocycles. The van der Waals surface area contributed by atoms with E-state index in [2.05, 4.69) is 28.0 Å². The van der Waals surface area contributed by atoms with E-state index < -0.39 is 0 Å². The van der Waals surface area contributed by atoms with Crippen LogP contribution in [0.2, 0.25) is 0 Å². The van der Waals surface area contributed by atoms with Crippen LogP contribution in [0.4, 0.5) is 0 Å². The zero-order valence-corrected chi connectivity index (χ0v) is 17.0. The lowest BCUT2D eigenvalue weighted by Gasteiger charge is -2.52. The zero-order chi connectivity index (χ0) is 18.1. The number of aromatic nitrogens is 2. The third-order valence-corrected chi connectivity index (χ3v) is 7.96. The van der Waals surface area contributed by atoms with Gasteiger partial charge in [-0.15, -0.1) is 0 Å². The smallest absolute Gasteiger partial charge is 0.226 e. The second-order valence-corrected chi connectivity index (χ2v) is 9.58. The van der Waals surface area contributed by atoms with Crippen molar-refractivity contribution in [2.45, 2.75) is 62.7 Å². The molecule has 2 aliphatic heterocycles. The van der Waals surface area contributed by atoms with Gasteiger partial charge in [0.1, 0.15) is 0 Å². The number of nitrogens with zero attached hydrogens (tertiary/aromatic N) is 3. The highest BCUT2D eigenvalue weighted by molar-refractivity contribution is 7.99. The van der Waals surface area contributed by atoms with E-state index in [1.54, 1.807) is 0 Å². The van der Waals surface area contributed by atoms with Crippen LogP contribution in [0.3, 0.4) is 0 Å². The Balaban J connectivity index is 1.51. The number of aromatic amines is 1. The van der Waals surface area contributed by atoms with E-state index in [0.717, 1.165) is 62.7 Å². The molecule has 6 heteroatoms. The summed E-state index contributed by atoms with van der Waals surface area (Å²) in [6.07, 6.45) is 11.6. The van der Waals surface area contributed by atoms with Crippen molar-refractivity contribution in [3.63, 3.8) is 0 Å². The van der Waals surface area contributed by atoms with Crippen LogP contribution in [0.5, 0.6) is 0 Å². The first kappa shape index (κ1) is 18.4. The van der Waals surface area contributed by atoms with Gasteiger partial charge < -0.3 is 14.8 Å². The van der Waals surface area contributed by atoms with E-state index >= 15 is 0 Å². The van der Waals surface area contributed by atoms with Crippen LogP contribution in [0.15, 0.2) is 6.33 Å². The van der Waals surface area contributed by atoms with Crippen molar-refractivity contribution < 1.29 is 4.79 Å². The molecule has 1 saturated carbocycles. The third-order valence-electron chi connectivity index (χ3n) is 6.92. The largest absolute Gasteiger partial charge is 0.348 e. The molecule has 2 fully saturated rings. The van der Waals surface area contributed by atoms with Gasteiger partial charge >= 0.3 is 0 Å². The Morgan fingerprint density at radius 2 is 2.15 bits per heavy atom. The maximum atomic E-state index is 13.2. The minimum absolute atomic E-state index is 0.165. The van der Waals surface area contributed by atoms with Crippen LogP contribution in [0, 0.1) is 5.92 Å². The Bertz CT molecular complexity index is 634. The third kappa shape index (κ3) is 3.19. The van der Waals surface area contributed by atoms with Gasteiger partial charge in [-0.3, -0.25) is 4.79 Å². The molecule has 1 N–H and O–H groups in total. The molecule has 5 nitrogen and oxygen atoms in total. The predicted molar refractivity (Wildman–Crippen MR) is 106 cm³/mol. The van der Waals surface area contributed by atoms with Crippen LogP contribution in [-0.2, 0) is 16.8 Å². The number of amides is 1. The number of carbonyl (C=O) groups excluding carboxylic acids is 1. The lowest BCUT2D eigenvalue weighted by Crippen LogP contribution is -2.60. The highest BCUT2D eigenvalue weighted by atomic mass is 32.2. The molecule has 1 saturated heterocycles. The molecular weight excluding hydrogens is 344 g/mol. The van der Waals surface area contributed by atoms with Gasteiger partial charge in [0.15, 0.2) is 0 Å². The molecule has 1 unspecified atom stereocenters. The molecule has 0 aromatic carbocycles. The maximum Gasteiger partial charge on any atom is 0.226 e. The summed E-state index contributed by atoms with van der Waals surface area (Å²) >= 11 is 1.95. The summed E-state index contributed by atoms with van der Waals surface area (Å²) in [5.41, 5.74) is 2.25. The average Bonchev–Trinajstić information content (AvgIpc) is 3.09. The minimum Gasteiger partial charge on any atom is -0.348 e. The van der Waals surface area contributed by atoms with Gasteiger partial charge in [0.2, 0.25) is 5.91 Å². The summed E-state index contributed by atoms with van der Waals surface area (Å²) in [6, 6.07) is 0. The summed E-state index contributed by atoms with van der Waals surface area (Å²) in [5, 5.41) is 0.718. The lowest BCUT2D eigenvalue weighted by molar-refractivity contribution is -0.149. The Labute approximate surface area is 161 Å². The van der Waals surface area contributed by atoms with Crippen molar-refractivity contribution in [2.24, 2.45) is 5.92 Å². The highest BCUT2D eigenvalue weighted by Crippen LogP contribution is 2.44. The number of imidazole rings is 1. The molecule has 26 heavy (non-hydrogen) atoms. The number of piperidine rings is 1. The average molecular weight is 377 g/mol. The number of hydrogen-bond acceptors (Lipinski definition) is 4. The number of thioether (sulfide) groups is 1. The molecule has 3 heterocycles. The van der Waals surface area contributed by atoms with Crippen molar-refractivity contribution >= 4 is 17.7 Å². The van der Waals surface area contributed by atoms with Gasteiger partial charge in [-0.2, -0.15) is 11.8 Å². The second kappa shape index (κ2) is 7.55. The van der Waals surface area contributed by atoms with E-state index in [1.807, 2.05) is 18.1 Å². The Morgan fingerprint density at radius 3 is 2.81 bits per heavy atom. The molecule has 1 amide bonds. The lowest BCUT2D eigenvalue weighted by atomic mass is 9.76. The second-order valence-electron chi connectivity index (χ2n) is 8.31. The van der Waals surface area contributed by atoms with Gasteiger partial charge in [0.05, 0.1) is 17.6 Å². The van der Waals surface area contributed by atoms with Crippen molar-refractivity contribution in [1.29, 1.82) is 0 Å². The molecule has 1 atom stereocenters. The first-order valence-corrected chi connectivity index (χ1v) is 11.5. The SMILES string of the molecule is CSC(C)CCN1CCC2(CC1)c1nc[nH]c1CCN2C(=O)C1CCC1. The minimum atomic E-state index is -0.165. The summed E-state index contributed by atoms with van der Waals surface area (Å²) in [4.78, 5) is 26.1. The molecule has 0 bridgehead atoms. The van der Waals surface area contributed by atoms with Crippen LogP contribution < -0.4 is 0 Å². The van der Waals surface area contributed by atoms with Crippen molar-refractivity contribution in [3.8, 4) is 0 Å². The first-order valence-electron chi connectivity index (χ1n) is 10.2. The molecule has 4 rings (SSSR count). The fraction of sp³-hybridized carbons (Fsp3) is 0.800. The van der Waals surface area contributed by atoms with Crippen molar-refractivity contribution in [3.05, 3.63) is 17.7 Å². The summed E-state index contributed by atoms with van der Waals surface area (Å²) in [6.45, 7) is 6.48. The van der Waals surface area contributed by atoms with Crippen LogP contribution in [0.1, 0.15) is 56.8 Å². The maximum absolute atomic E-state index is 13.2. The summed E-state index contributed by atoms with van der Waals surface area (Å²) in [5.74, 6) is 0.669. The van der Waals surface area contributed by atoms with Gasteiger partial charge in [-0.1, -0.05) is 13.3 Å². The van der Waals surface area contributed by atoms with E-state index in [1.165, 1.54) is 25.1 Å². The first-order chi connectivity index (χ1) is 12.6. The quantitative estimate of drug-likeness (QED) is 0.858. The number of nitrogens with one attached hydrogen (secondary N) is 1. The Kier molecular flexibility index (Phi) is 5.33. The van der Waals surface area contributed by atoms with Crippen LogP contribution in [-0.4, -0.2) is 63.4 Å². The van der Waals surface area contributed by atoms with Crippen molar-refractivity contribution in [2.75, 3.05) is 32.4 Å². The Morgan fingerprint density at radius 1 is 1.38 bits per heavy atom. The standard InChI is InChI=1S/C20H32N4OS/c1-15(26-2)6-10-23-12-8-20(9-13-23)18-17(21-14-22-18)7-11-24(20)19(25)16-4-3-5-16/h14-16H,3-13H2,1-2H3,(H,21,22). The highest BCUT2D eigenvalue weighted by Gasteiger charge is 2.50. The van der Waals surface area contributed by atoms with Gasteiger partial charge in [-0.05, 0) is 44.9 Å². The number of carbonyl (C=O) groups is 1. The predicted octanol–water partition coefficient (Wildman–Crippen LogP) is 3.03. The van der Waals surface area contributed by atoms with Gasteiger partial charge in [-0.25, -0.2) is 4.98 Å². The molecule has 1 aliphatic carbocycles. The molecule has 144 valence electrons. The van der Waals surface area contributed by atoms with Gasteiger partial charge in [0, 0.05) is 42.9 Å². The molecular formula is C20H32N4OS. The van der Waals surface area contributed by atoms with E-state index in [9.17, 15) is 4.79 Å². The van der Waals surface area contributed by atoms with Crippen LogP contribution >= 0.6 is 11.8 Å². The number of fused-ring (bicyclic) bond motifs is 2. The number of likely N-dealkylation sites (tertiary alicyclic amines) is 1. The summed E-state index contributed by atoms with van der Waals surface area (Å²) in [7, 11) is 0. The van der Waals surface area contributed by atoms with E-state index in [4.69, 9.17) is 4.98 Å². The number of rotatable bonds is 5. The van der Waals surface area contributed by atoms with E-state index in [0.29, 0.717) is 5.91 Å². The topological polar surface area (TPSA) is 52.2 Å². The number of hydrogen-bond donors (Lipinski definition) is 1. The fourth-order valence-electron chi connectivity index (χ4n) is 4.81. The van der Waals surface area contributed by atoms with Gasteiger partial charge in [0.25, 0.3) is 0 Å². The zero-order valence-electron chi connectivity index (χ0n) is 16.2. The van der Waals surface area contributed by atoms with Crippen molar-refractivity contribution in [1.82, 2.24) is 19.8 Å². The fourth-order valence-corrected chi connectivity index (χ4v) is 5.15. The number of H-pyrrole nitrogens is 1.